The SMILES string of the molecule is C=CCc1cc(/C=C2/SC(=S)N(C)C2=O)cc(OC)c1OCc1ccc(Br)cc1. The van der Waals surface area contributed by atoms with E-state index in [2.05, 4.69) is 22.5 Å². The van der Waals surface area contributed by atoms with Crippen molar-refractivity contribution < 1.29 is 14.3 Å². The van der Waals surface area contributed by atoms with Crippen molar-refractivity contribution >= 4 is 56.2 Å². The number of nitrogens with zero attached hydrogens (tertiary/aromatic N) is 1. The summed E-state index contributed by atoms with van der Waals surface area (Å²) in [5.74, 6) is 1.19. The van der Waals surface area contributed by atoms with E-state index in [1.165, 1.54) is 16.7 Å². The Morgan fingerprint density at radius 1 is 1.28 bits per heavy atom. The predicted octanol–water partition coefficient (Wildman–Crippen LogP) is 5.60. The summed E-state index contributed by atoms with van der Waals surface area (Å²) in [5, 5.41) is 0. The van der Waals surface area contributed by atoms with Gasteiger partial charge in [0.15, 0.2) is 11.5 Å². The molecule has 0 atom stereocenters. The van der Waals surface area contributed by atoms with Crippen LogP contribution in [0.2, 0.25) is 0 Å². The van der Waals surface area contributed by atoms with Crippen molar-refractivity contribution in [1.82, 2.24) is 4.90 Å². The van der Waals surface area contributed by atoms with Gasteiger partial charge in [0.2, 0.25) is 0 Å². The average molecular weight is 490 g/mol. The summed E-state index contributed by atoms with van der Waals surface area (Å²) in [6, 6.07) is 11.8. The Kier molecular flexibility index (Phi) is 7.16. The molecule has 7 heteroatoms. The first-order chi connectivity index (χ1) is 13.9. The smallest absolute Gasteiger partial charge is 0.265 e. The molecule has 0 aromatic heterocycles. The van der Waals surface area contributed by atoms with Gasteiger partial charge in [-0.05, 0) is 47.9 Å². The highest BCUT2D eigenvalue weighted by atomic mass is 79.9. The van der Waals surface area contributed by atoms with Crippen LogP contribution >= 0.6 is 39.9 Å². The van der Waals surface area contributed by atoms with E-state index in [0.29, 0.717) is 33.8 Å². The number of thiocarbonyl (C=S) groups is 1. The fourth-order valence-electron chi connectivity index (χ4n) is 2.82. The number of allylic oxidation sites excluding steroid dienone is 1. The van der Waals surface area contributed by atoms with Gasteiger partial charge < -0.3 is 9.47 Å². The van der Waals surface area contributed by atoms with Crippen LogP contribution in [0.1, 0.15) is 16.7 Å². The van der Waals surface area contributed by atoms with Crippen molar-refractivity contribution in [2.75, 3.05) is 14.2 Å². The number of rotatable bonds is 7. The topological polar surface area (TPSA) is 38.8 Å². The number of thioether (sulfide) groups is 1. The van der Waals surface area contributed by atoms with Crippen LogP contribution in [0.25, 0.3) is 6.08 Å². The Balaban J connectivity index is 1.92. The van der Waals surface area contributed by atoms with Gasteiger partial charge in [0.1, 0.15) is 10.9 Å². The molecule has 0 aliphatic carbocycles. The van der Waals surface area contributed by atoms with Gasteiger partial charge in [0.05, 0.1) is 12.0 Å². The number of ether oxygens (including phenoxy) is 2. The van der Waals surface area contributed by atoms with Crippen LogP contribution in [0.15, 0.2) is 58.4 Å². The minimum absolute atomic E-state index is 0.0974. The summed E-state index contributed by atoms with van der Waals surface area (Å²) < 4.78 is 13.3. The molecule has 0 radical (unpaired) electrons. The minimum atomic E-state index is -0.0974. The summed E-state index contributed by atoms with van der Waals surface area (Å²) in [6.07, 6.45) is 4.26. The van der Waals surface area contributed by atoms with Gasteiger partial charge in [0, 0.05) is 17.1 Å². The summed E-state index contributed by atoms with van der Waals surface area (Å²) in [6.45, 7) is 4.26. The molecule has 4 nitrogen and oxygen atoms in total. The number of carbonyl (C=O) groups is 1. The zero-order valence-corrected chi connectivity index (χ0v) is 19.3. The van der Waals surface area contributed by atoms with Crippen LogP contribution in [0, 0.1) is 0 Å². The summed E-state index contributed by atoms with van der Waals surface area (Å²) in [4.78, 5) is 14.4. The van der Waals surface area contributed by atoms with Crippen LogP contribution in [-0.4, -0.2) is 29.3 Å². The lowest BCUT2D eigenvalue weighted by Gasteiger charge is -2.16. The molecule has 2 aromatic carbocycles. The second kappa shape index (κ2) is 9.61. The highest BCUT2D eigenvalue weighted by Gasteiger charge is 2.28. The molecule has 1 aliphatic heterocycles. The quantitative estimate of drug-likeness (QED) is 0.287. The monoisotopic (exact) mass is 489 g/mol. The van der Waals surface area contributed by atoms with Crippen molar-refractivity contribution in [3.05, 3.63) is 75.1 Å². The second-order valence-electron chi connectivity index (χ2n) is 6.36. The van der Waals surface area contributed by atoms with Gasteiger partial charge in [-0.15, -0.1) is 6.58 Å². The van der Waals surface area contributed by atoms with Crippen molar-refractivity contribution in [2.45, 2.75) is 13.0 Å². The Bertz CT molecular complexity index is 986. The standard InChI is InChI=1S/C22H20BrNO3S2/c1-4-5-16-10-15(12-19-21(25)24(2)22(28)29-19)11-18(26-3)20(16)27-13-14-6-8-17(23)9-7-14/h4,6-12H,1,5,13H2,2-3H3/b19-12+. The number of hydrogen-bond acceptors (Lipinski definition) is 5. The highest BCUT2D eigenvalue weighted by molar-refractivity contribution is 9.10. The number of hydrogen-bond donors (Lipinski definition) is 0. The minimum Gasteiger partial charge on any atom is -0.493 e. The molecule has 0 spiro atoms. The first-order valence-electron chi connectivity index (χ1n) is 8.83. The molecule has 3 rings (SSSR count). The van der Waals surface area contributed by atoms with Crippen molar-refractivity contribution in [3.8, 4) is 11.5 Å². The molecule has 29 heavy (non-hydrogen) atoms. The second-order valence-corrected chi connectivity index (χ2v) is 8.95. The van der Waals surface area contributed by atoms with Crippen LogP contribution in [0.4, 0.5) is 0 Å². The van der Waals surface area contributed by atoms with Crippen LogP contribution in [-0.2, 0) is 17.8 Å². The highest BCUT2D eigenvalue weighted by Crippen LogP contribution is 2.37. The normalized spacial score (nSPS) is 15.1. The predicted molar refractivity (Wildman–Crippen MR) is 126 cm³/mol. The van der Waals surface area contributed by atoms with Crippen LogP contribution < -0.4 is 9.47 Å². The first kappa shape index (κ1) is 21.6. The molecular formula is C22H20BrNO3S2. The molecule has 2 aromatic rings. The number of benzene rings is 2. The Morgan fingerprint density at radius 3 is 2.59 bits per heavy atom. The van der Waals surface area contributed by atoms with Gasteiger partial charge in [-0.3, -0.25) is 9.69 Å². The Morgan fingerprint density at radius 2 is 2.00 bits per heavy atom. The lowest BCUT2D eigenvalue weighted by Crippen LogP contribution is -2.22. The van der Waals surface area contributed by atoms with Gasteiger partial charge in [-0.2, -0.15) is 0 Å². The molecule has 0 unspecified atom stereocenters. The lowest BCUT2D eigenvalue weighted by atomic mass is 10.0. The van der Waals surface area contributed by atoms with E-state index in [0.717, 1.165) is 21.2 Å². The maximum Gasteiger partial charge on any atom is 0.265 e. The van der Waals surface area contributed by atoms with E-state index < -0.39 is 0 Å². The Labute approximate surface area is 188 Å². The van der Waals surface area contributed by atoms with Gasteiger partial charge >= 0.3 is 0 Å². The fraction of sp³-hybridized carbons (Fsp3) is 0.182. The van der Waals surface area contributed by atoms with E-state index in [9.17, 15) is 4.79 Å². The number of halogens is 1. The molecule has 150 valence electrons. The number of amides is 1. The van der Waals surface area contributed by atoms with Gasteiger partial charge in [0.25, 0.3) is 5.91 Å². The molecular weight excluding hydrogens is 470 g/mol. The van der Waals surface area contributed by atoms with Gasteiger partial charge in [-0.1, -0.05) is 58.1 Å². The van der Waals surface area contributed by atoms with E-state index in [-0.39, 0.29) is 5.91 Å². The molecule has 1 saturated heterocycles. The fourth-order valence-corrected chi connectivity index (χ4v) is 4.27. The zero-order chi connectivity index (χ0) is 21.0. The maximum atomic E-state index is 12.3. The van der Waals surface area contributed by atoms with E-state index in [1.54, 1.807) is 14.2 Å². The molecule has 1 aliphatic rings. The number of likely N-dealkylation sites (N-methyl/N-ethyl adjacent to an activating group) is 1. The van der Waals surface area contributed by atoms with Crippen molar-refractivity contribution in [2.24, 2.45) is 0 Å². The van der Waals surface area contributed by atoms with E-state index in [1.807, 2.05) is 48.6 Å². The summed E-state index contributed by atoms with van der Waals surface area (Å²) in [7, 11) is 3.29. The third kappa shape index (κ3) is 5.10. The largest absolute Gasteiger partial charge is 0.493 e. The van der Waals surface area contributed by atoms with Crippen molar-refractivity contribution in [1.29, 1.82) is 0 Å². The first-order valence-corrected chi connectivity index (χ1v) is 10.8. The summed E-state index contributed by atoms with van der Waals surface area (Å²) >= 11 is 9.94. The average Bonchev–Trinajstić information content (AvgIpc) is 2.95. The third-order valence-corrected chi connectivity index (χ3v) is 6.33. The van der Waals surface area contributed by atoms with Gasteiger partial charge in [-0.25, -0.2) is 0 Å². The van der Waals surface area contributed by atoms with E-state index in [4.69, 9.17) is 21.7 Å². The molecule has 1 amide bonds. The molecule has 0 bridgehead atoms. The molecule has 0 N–H and O–H groups in total. The lowest BCUT2D eigenvalue weighted by molar-refractivity contribution is -0.121. The van der Waals surface area contributed by atoms with Crippen molar-refractivity contribution in [3.63, 3.8) is 0 Å². The third-order valence-electron chi connectivity index (χ3n) is 4.32. The van der Waals surface area contributed by atoms with Crippen LogP contribution in [0.3, 0.4) is 0 Å². The molecule has 0 saturated carbocycles. The maximum absolute atomic E-state index is 12.3. The number of carbonyl (C=O) groups excluding carboxylic acids is 1. The molecule has 1 heterocycles. The Hall–Kier alpha value is -2.09. The number of methoxy groups -OCH3 is 1. The van der Waals surface area contributed by atoms with Crippen LogP contribution in [0.5, 0.6) is 11.5 Å². The summed E-state index contributed by atoms with van der Waals surface area (Å²) in [5.41, 5.74) is 2.84. The van der Waals surface area contributed by atoms with E-state index >= 15 is 0 Å². The zero-order valence-electron chi connectivity index (χ0n) is 16.1. The molecule has 1 fully saturated rings.